The van der Waals surface area contributed by atoms with Gasteiger partial charge in [-0.25, -0.2) is 4.39 Å². The van der Waals surface area contributed by atoms with Crippen LogP contribution in [0, 0.1) is 11.2 Å². The number of hydrogen-bond donors (Lipinski definition) is 1. The van der Waals surface area contributed by atoms with Crippen LogP contribution in [0.1, 0.15) is 63.6 Å². The lowest BCUT2D eigenvalue weighted by molar-refractivity contribution is -0.164. The highest BCUT2D eigenvalue weighted by Crippen LogP contribution is 2.48. The average molecular weight is 475 g/mol. The summed E-state index contributed by atoms with van der Waals surface area (Å²) in [5.74, 6) is -1.07. The minimum absolute atomic E-state index is 0.165. The third-order valence-electron chi connectivity index (χ3n) is 6.82. The van der Waals surface area contributed by atoms with Gasteiger partial charge in [0.15, 0.2) is 0 Å². The van der Waals surface area contributed by atoms with E-state index in [9.17, 15) is 14.0 Å². The zero-order valence-corrected chi connectivity index (χ0v) is 20.1. The zero-order valence-electron chi connectivity index (χ0n) is 19.4. The Morgan fingerprint density at radius 3 is 2.42 bits per heavy atom. The van der Waals surface area contributed by atoms with E-state index in [0.717, 1.165) is 5.56 Å². The molecule has 0 saturated carbocycles. The molecule has 1 amide bonds. The van der Waals surface area contributed by atoms with E-state index in [1.807, 2.05) is 44.2 Å². The van der Waals surface area contributed by atoms with Crippen molar-refractivity contribution >= 4 is 23.5 Å². The summed E-state index contributed by atoms with van der Waals surface area (Å²) in [7, 11) is 0. The summed E-state index contributed by atoms with van der Waals surface area (Å²) < 4.78 is 19.9. The Kier molecular flexibility index (Phi) is 8.14. The predicted octanol–water partition coefficient (Wildman–Crippen LogP) is 5.41. The van der Waals surface area contributed by atoms with Crippen LogP contribution in [-0.4, -0.2) is 28.9 Å². The highest BCUT2D eigenvalue weighted by molar-refractivity contribution is 6.30. The number of ether oxygens (including phenoxy) is 1. The Hall–Kier alpha value is -2.44. The molecule has 5 nitrogen and oxygen atoms in total. The van der Waals surface area contributed by atoms with Crippen LogP contribution in [0.15, 0.2) is 48.5 Å². The fourth-order valence-corrected chi connectivity index (χ4v) is 5.23. The summed E-state index contributed by atoms with van der Waals surface area (Å²) in [6.07, 6.45) is 2.16. The topological polar surface area (TPSA) is 72.6 Å². The number of halogens is 2. The quantitative estimate of drug-likeness (QED) is 0.519. The number of benzene rings is 2. The minimum atomic E-state index is -0.898. The fraction of sp³-hybridized carbons (Fsp3) is 0.462. The van der Waals surface area contributed by atoms with E-state index in [4.69, 9.17) is 22.1 Å². The molecule has 0 unspecified atom stereocenters. The zero-order chi connectivity index (χ0) is 24.2. The van der Waals surface area contributed by atoms with Gasteiger partial charge in [-0.15, -0.1) is 0 Å². The molecular weight excluding hydrogens is 443 g/mol. The third-order valence-corrected chi connectivity index (χ3v) is 7.04. The van der Waals surface area contributed by atoms with Crippen molar-refractivity contribution in [2.75, 3.05) is 0 Å². The Balaban J connectivity index is 1.96. The molecule has 1 fully saturated rings. The molecule has 2 aromatic rings. The molecule has 2 aromatic carbocycles. The normalized spacial score (nSPS) is 19.4. The maximum atomic E-state index is 14.1. The molecule has 2 N–H and O–H groups in total. The lowest BCUT2D eigenvalue weighted by Crippen LogP contribution is -2.54. The molecule has 0 radical (unpaired) electrons. The van der Waals surface area contributed by atoms with Gasteiger partial charge in [0.25, 0.3) is 0 Å². The Bertz CT molecular complexity index is 959. The molecular formula is C26H32ClFN2O3. The number of nitrogens with zero attached hydrogens (tertiary/aromatic N) is 1. The maximum Gasteiger partial charge on any atom is 0.314 e. The van der Waals surface area contributed by atoms with Crippen LogP contribution in [0.3, 0.4) is 0 Å². The molecule has 0 spiro atoms. The van der Waals surface area contributed by atoms with E-state index in [-0.39, 0.29) is 23.5 Å². The first-order chi connectivity index (χ1) is 15.7. The minimum Gasteiger partial charge on any atom is -0.460 e. The second kappa shape index (κ2) is 10.7. The monoisotopic (exact) mass is 474 g/mol. The molecule has 3 rings (SSSR count). The van der Waals surface area contributed by atoms with Crippen LogP contribution in [-0.2, 0) is 20.9 Å². The van der Waals surface area contributed by atoms with Crippen molar-refractivity contribution in [2.24, 2.45) is 11.1 Å². The van der Waals surface area contributed by atoms with Gasteiger partial charge in [0.2, 0.25) is 5.91 Å². The van der Waals surface area contributed by atoms with Gasteiger partial charge < -0.3 is 15.4 Å². The summed E-state index contributed by atoms with van der Waals surface area (Å²) in [4.78, 5) is 28.5. The number of nitrogens with two attached hydrogens (primary N) is 1. The first kappa shape index (κ1) is 25.2. The molecule has 3 atom stereocenters. The Labute approximate surface area is 200 Å². The summed E-state index contributed by atoms with van der Waals surface area (Å²) in [6.45, 7) is 5.67. The standard InChI is InChI=1S/C26H32ClFN2O3/c1-4-26(5-2,25(32)33-16-18-9-7-6-8-10-18)23-12-11-22(30(23)24(31)17(3)29)19-13-20(27)15-21(28)14-19/h6-10,13-15,17,22-23H,4-5,11-12,16,29H2,1-3H3/t17-,22+,23-/m1/s1. The average Bonchev–Trinajstić information content (AvgIpc) is 3.24. The van der Waals surface area contributed by atoms with Crippen molar-refractivity contribution in [3.05, 3.63) is 70.5 Å². The van der Waals surface area contributed by atoms with E-state index in [0.29, 0.717) is 31.2 Å². The van der Waals surface area contributed by atoms with Crippen molar-refractivity contribution in [2.45, 2.75) is 71.2 Å². The van der Waals surface area contributed by atoms with Crippen molar-refractivity contribution in [3.8, 4) is 0 Å². The molecule has 33 heavy (non-hydrogen) atoms. The summed E-state index contributed by atoms with van der Waals surface area (Å²) in [5.41, 5.74) is 6.61. The van der Waals surface area contributed by atoms with Crippen LogP contribution >= 0.6 is 11.6 Å². The van der Waals surface area contributed by atoms with E-state index in [1.165, 1.54) is 12.1 Å². The van der Waals surface area contributed by atoms with Gasteiger partial charge in [0.05, 0.1) is 17.5 Å². The van der Waals surface area contributed by atoms with Crippen molar-refractivity contribution in [1.29, 1.82) is 0 Å². The van der Waals surface area contributed by atoms with Crippen molar-refractivity contribution in [3.63, 3.8) is 0 Å². The van der Waals surface area contributed by atoms with Gasteiger partial charge >= 0.3 is 5.97 Å². The lowest BCUT2D eigenvalue weighted by Gasteiger charge is -2.42. The molecule has 7 heteroatoms. The third kappa shape index (κ3) is 5.22. The van der Waals surface area contributed by atoms with E-state index >= 15 is 0 Å². The van der Waals surface area contributed by atoms with Crippen LogP contribution in [0.4, 0.5) is 4.39 Å². The predicted molar refractivity (Wildman–Crippen MR) is 127 cm³/mol. The summed E-state index contributed by atoms with van der Waals surface area (Å²) in [6, 6.07) is 12.2. The number of hydrogen-bond acceptors (Lipinski definition) is 4. The largest absolute Gasteiger partial charge is 0.460 e. The van der Waals surface area contributed by atoms with Crippen LogP contribution < -0.4 is 5.73 Å². The highest BCUT2D eigenvalue weighted by Gasteiger charge is 2.53. The number of carbonyl (C=O) groups is 2. The van der Waals surface area contributed by atoms with Gasteiger partial charge in [-0.2, -0.15) is 0 Å². The van der Waals surface area contributed by atoms with Crippen molar-refractivity contribution in [1.82, 2.24) is 4.90 Å². The van der Waals surface area contributed by atoms with Crippen LogP contribution in [0.25, 0.3) is 0 Å². The molecule has 1 saturated heterocycles. The highest BCUT2D eigenvalue weighted by atomic mass is 35.5. The molecule has 1 aliphatic rings. The van der Waals surface area contributed by atoms with Crippen LogP contribution in [0.5, 0.6) is 0 Å². The summed E-state index contributed by atoms with van der Waals surface area (Å²) >= 11 is 6.11. The fourth-order valence-electron chi connectivity index (χ4n) is 5.00. The maximum absolute atomic E-state index is 14.1. The van der Waals surface area contributed by atoms with Crippen molar-refractivity contribution < 1.29 is 18.7 Å². The number of esters is 1. The molecule has 0 aromatic heterocycles. The Morgan fingerprint density at radius 2 is 1.85 bits per heavy atom. The Morgan fingerprint density at radius 1 is 1.18 bits per heavy atom. The lowest BCUT2D eigenvalue weighted by atomic mass is 9.74. The first-order valence-corrected chi connectivity index (χ1v) is 11.9. The summed E-state index contributed by atoms with van der Waals surface area (Å²) in [5, 5.41) is 0.265. The van der Waals surface area contributed by atoms with E-state index in [1.54, 1.807) is 17.9 Å². The van der Waals surface area contributed by atoms with E-state index < -0.39 is 29.4 Å². The van der Waals surface area contributed by atoms with E-state index in [2.05, 4.69) is 0 Å². The van der Waals surface area contributed by atoms with Gasteiger partial charge in [0, 0.05) is 11.1 Å². The van der Waals surface area contributed by atoms with Gasteiger partial charge in [-0.3, -0.25) is 9.59 Å². The smallest absolute Gasteiger partial charge is 0.314 e. The first-order valence-electron chi connectivity index (χ1n) is 11.5. The second-order valence-electron chi connectivity index (χ2n) is 8.77. The van der Waals surface area contributed by atoms with Crippen LogP contribution in [0.2, 0.25) is 5.02 Å². The van der Waals surface area contributed by atoms with Gasteiger partial charge in [-0.05, 0) is 61.9 Å². The number of likely N-dealkylation sites (tertiary alicyclic amines) is 1. The molecule has 0 bridgehead atoms. The van der Waals surface area contributed by atoms with Gasteiger partial charge in [-0.1, -0.05) is 55.8 Å². The number of amides is 1. The molecule has 178 valence electrons. The number of carbonyl (C=O) groups excluding carboxylic acids is 2. The molecule has 1 aliphatic heterocycles. The molecule has 1 heterocycles. The van der Waals surface area contributed by atoms with Gasteiger partial charge in [0.1, 0.15) is 12.4 Å². The number of rotatable bonds is 8. The SMILES string of the molecule is CCC(CC)(C(=O)OCc1ccccc1)[C@H]1CC[C@@H](c2cc(F)cc(Cl)c2)N1C(=O)[C@@H](C)N. The second-order valence-corrected chi connectivity index (χ2v) is 9.21. The molecule has 0 aliphatic carbocycles.